The van der Waals surface area contributed by atoms with Crippen molar-refractivity contribution in [2.75, 3.05) is 5.73 Å². The number of nitrogens with two attached hydrogens (primary N) is 1. The van der Waals surface area contributed by atoms with E-state index in [9.17, 15) is 0 Å². The molecule has 1 aromatic heterocycles. The van der Waals surface area contributed by atoms with E-state index in [-0.39, 0.29) is 6.01 Å². The summed E-state index contributed by atoms with van der Waals surface area (Å²) in [5.41, 5.74) is 5.24. The van der Waals surface area contributed by atoms with Gasteiger partial charge in [0.05, 0.1) is 6.26 Å². The molecule has 0 amide bonds. The van der Waals surface area contributed by atoms with Crippen LogP contribution in [0.3, 0.4) is 0 Å². The van der Waals surface area contributed by atoms with E-state index in [1.165, 1.54) is 0 Å². The van der Waals surface area contributed by atoms with Crippen molar-refractivity contribution in [2.24, 2.45) is 0 Å². The number of nitrogens with zero attached hydrogens (tertiary/aromatic N) is 2. The molecule has 1 aliphatic rings. The average molecular weight is 165 g/mol. The van der Waals surface area contributed by atoms with Gasteiger partial charge >= 0.3 is 6.01 Å². The first-order valence-corrected chi connectivity index (χ1v) is 3.47. The molecular formula is C7H7N3O2. The van der Waals surface area contributed by atoms with Gasteiger partial charge in [-0.15, -0.1) is 5.10 Å². The molecule has 0 atom stereocenters. The fraction of sp³-hybridized carbons (Fsp3) is 0.143. The highest BCUT2D eigenvalue weighted by atomic mass is 16.5. The fourth-order valence-corrected chi connectivity index (χ4v) is 0.872. The predicted octanol–water partition coefficient (Wildman–Crippen LogP) is 0.927. The summed E-state index contributed by atoms with van der Waals surface area (Å²) in [6.07, 6.45) is 6.10. The van der Waals surface area contributed by atoms with Crippen LogP contribution < -0.4 is 5.73 Å². The Bertz CT molecular complexity index is 340. The first-order chi connectivity index (χ1) is 5.86. The Labute approximate surface area is 68.5 Å². The highest BCUT2D eigenvalue weighted by Gasteiger charge is 2.11. The Hall–Kier alpha value is -1.78. The van der Waals surface area contributed by atoms with E-state index in [0.29, 0.717) is 11.6 Å². The van der Waals surface area contributed by atoms with Crippen LogP contribution in [0.2, 0.25) is 0 Å². The molecule has 2 N–H and O–H groups in total. The van der Waals surface area contributed by atoms with E-state index in [4.69, 9.17) is 14.9 Å². The molecule has 5 nitrogen and oxygen atoms in total. The molecule has 1 aromatic rings. The summed E-state index contributed by atoms with van der Waals surface area (Å²) in [5.74, 6) is 0.874. The Morgan fingerprint density at radius 2 is 2.33 bits per heavy atom. The maximum absolute atomic E-state index is 5.24. The van der Waals surface area contributed by atoms with Crippen LogP contribution in [0, 0.1) is 0 Å². The molecule has 0 bridgehead atoms. The molecule has 62 valence electrons. The molecular weight excluding hydrogens is 158 g/mol. The lowest BCUT2D eigenvalue weighted by molar-refractivity contribution is 0.398. The molecule has 0 saturated heterocycles. The van der Waals surface area contributed by atoms with Crippen LogP contribution in [-0.2, 0) is 4.74 Å². The molecule has 0 aliphatic carbocycles. The lowest BCUT2D eigenvalue weighted by atomic mass is 10.3. The van der Waals surface area contributed by atoms with Gasteiger partial charge in [-0.1, -0.05) is 5.10 Å². The van der Waals surface area contributed by atoms with E-state index < -0.39 is 0 Å². The summed E-state index contributed by atoms with van der Waals surface area (Å²) >= 11 is 0. The predicted molar refractivity (Wildman–Crippen MR) is 41.5 cm³/mol. The second kappa shape index (κ2) is 2.69. The molecule has 0 radical (unpaired) electrons. The Kier molecular flexibility index (Phi) is 1.55. The zero-order valence-electron chi connectivity index (χ0n) is 6.23. The van der Waals surface area contributed by atoms with Crippen LogP contribution >= 0.6 is 0 Å². The summed E-state index contributed by atoms with van der Waals surface area (Å²) in [5, 5.41) is 7.18. The van der Waals surface area contributed by atoms with Crippen molar-refractivity contribution < 1.29 is 9.15 Å². The number of allylic oxidation sites excluding steroid dienone is 2. The van der Waals surface area contributed by atoms with Crippen LogP contribution in [0.4, 0.5) is 6.01 Å². The smallest absolute Gasteiger partial charge is 0.313 e. The minimum absolute atomic E-state index is 0.0454. The maximum Gasteiger partial charge on any atom is 0.313 e. The summed E-state index contributed by atoms with van der Waals surface area (Å²) in [4.78, 5) is 0. The van der Waals surface area contributed by atoms with Gasteiger partial charge in [-0.3, -0.25) is 0 Å². The Morgan fingerprint density at radius 3 is 2.92 bits per heavy atom. The van der Waals surface area contributed by atoms with Crippen LogP contribution in [0.25, 0.3) is 5.76 Å². The fourth-order valence-electron chi connectivity index (χ4n) is 0.872. The van der Waals surface area contributed by atoms with Crippen molar-refractivity contribution in [3.63, 3.8) is 0 Å². The van der Waals surface area contributed by atoms with Gasteiger partial charge in [0.1, 0.15) is 0 Å². The van der Waals surface area contributed by atoms with E-state index >= 15 is 0 Å². The first-order valence-electron chi connectivity index (χ1n) is 3.47. The summed E-state index contributed by atoms with van der Waals surface area (Å²) < 4.78 is 10.1. The van der Waals surface area contributed by atoms with Gasteiger partial charge in [0.2, 0.25) is 0 Å². The standard InChI is InChI=1S/C7H7N3O2/c8-7-10-9-6(12-7)5-3-1-2-4-11-5/h2-4H,1H2,(H2,8,10). The number of anilines is 1. The van der Waals surface area contributed by atoms with Crippen LogP contribution in [-0.4, -0.2) is 10.2 Å². The normalized spacial score (nSPS) is 15.5. The van der Waals surface area contributed by atoms with Crippen LogP contribution in [0.15, 0.2) is 22.8 Å². The lowest BCUT2D eigenvalue weighted by Crippen LogP contribution is -1.90. The number of nitrogen functional groups attached to an aromatic ring is 1. The van der Waals surface area contributed by atoms with Gasteiger partial charge in [0, 0.05) is 0 Å². The van der Waals surface area contributed by atoms with Crippen LogP contribution in [0.5, 0.6) is 0 Å². The Balaban J connectivity index is 2.25. The average Bonchev–Trinajstić information content (AvgIpc) is 2.54. The molecule has 2 heterocycles. The lowest BCUT2D eigenvalue weighted by Gasteiger charge is -2.03. The van der Waals surface area contributed by atoms with Gasteiger partial charge < -0.3 is 14.9 Å². The molecule has 0 fully saturated rings. The number of hydrogen-bond acceptors (Lipinski definition) is 5. The van der Waals surface area contributed by atoms with E-state index in [1.807, 2.05) is 12.2 Å². The monoisotopic (exact) mass is 165 g/mol. The molecule has 1 aliphatic heterocycles. The van der Waals surface area contributed by atoms with Gasteiger partial charge in [0.25, 0.3) is 5.89 Å². The number of hydrogen-bond donors (Lipinski definition) is 1. The van der Waals surface area contributed by atoms with Gasteiger partial charge in [0.15, 0.2) is 5.76 Å². The largest absolute Gasteiger partial charge is 0.460 e. The number of aromatic nitrogens is 2. The van der Waals surface area contributed by atoms with Gasteiger partial charge in [-0.2, -0.15) is 0 Å². The van der Waals surface area contributed by atoms with Crippen molar-refractivity contribution >= 4 is 11.8 Å². The van der Waals surface area contributed by atoms with Crippen molar-refractivity contribution in [1.82, 2.24) is 10.2 Å². The number of rotatable bonds is 1. The van der Waals surface area contributed by atoms with Crippen molar-refractivity contribution in [3.05, 3.63) is 24.3 Å². The summed E-state index contributed by atoms with van der Waals surface area (Å²) in [6.45, 7) is 0. The highest BCUT2D eigenvalue weighted by Crippen LogP contribution is 2.19. The summed E-state index contributed by atoms with van der Waals surface area (Å²) in [7, 11) is 0. The molecule has 0 unspecified atom stereocenters. The second-order valence-electron chi connectivity index (χ2n) is 2.24. The second-order valence-corrected chi connectivity index (χ2v) is 2.24. The van der Waals surface area contributed by atoms with Crippen molar-refractivity contribution in [1.29, 1.82) is 0 Å². The zero-order chi connectivity index (χ0) is 8.39. The van der Waals surface area contributed by atoms with Gasteiger partial charge in [-0.25, -0.2) is 0 Å². The summed E-state index contributed by atoms with van der Waals surface area (Å²) in [6, 6.07) is 0.0454. The third kappa shape index (κ3) is 1.16. The molecule has 0 saturated carbocycles. The third-order valence-electron chi connectivity index (χ3n) is 1.38. The molecule has 12 heavy (non-hydrogen) atoms. The topological polar surface area (TPSA) is 74.2 Å². The molecule has 2 rings (SSSR count). The zero-order valence-corrected chi connectivity index (χ0v) is 6.23. The van der Waals surface area contributed by atoms with Gasteiger partial charge in [-0.05, 0) is 18.6 Å². The van der Waals surface area contributed by atoms with Crippen molar-refractivity contribution in [3.8, 4) is 0 Å². The number of ether oxygens (including phenoxy) is 1. The Morgan fingerprint density at radius 1 is 1.42 bits per heavy atom. The maximum atomic E-state index is 5.24. The van der Waals surface area contributed by atoms with E-state index in [2.05, 4.69) is 10.2 Å². The van der Waals surface area contributed by atoms with Crippen LogP contribution in [0.1, 0.15) is 12.3 Å². The molecule has 0 spiro atoms. The van der Waals surface area contributed by atoms with Crippen molar-refractivity contribution in [2.45, 2.75) is 6.42 Å². The first kappa shape index (κ1) is 6.90. The third-order valence-corrected chi connectivity index (χ3v) is 1.38. The SMILES string of the molecule is Nc1nnc(C2=CCC=CO2)o1. The molecule has 0 aromatic carbocycles. The minimum atomic E-state index is 0.0454. The van der Waals surface area contributed by atoms with E-state index in [1.54, 1.807) is 6.26 Å². The quantitative estimate of drug-likeness (QED) is 0.669. The molecule has 5 heteroatoms. The minimum Gasteiger partial charge on any atom is -0.460 e. The van der Waals surface area contributed by atoms with E-state index in [0.717, 1.165) is 6.42 Å². The highest BCUT2D eigenvalue weighted by molar-refractivity contribution is 5.53.